The summed E-state index contributed by atoms with van der Waals surface area (Å²) in [5.41, 5.74) is 5.90. The summed E-state index contributed by atoms with van der Waals surface area (Å²) < 4.78 is 55.0. The number of sulfone groups is 1. The maximum atomic E-state index is 12.3. The molecule has 118 valence electrons. The lowest BCUT2D eigenvalue weighted by Crippen LogP contribution is -2.43. The zero-order valence-electron chi connectivity index (χ0n) is 11.6. The van der Waals surface area contributed by atoms with E-state index in [0.717, 1.165) is 0 Å². The van der Waals surface area contributed by atoms with E-state index in [2.05, 4.69) is 4.72 Å². The summed E-state index contributed by atoms with van der Waals surface area (Å²) in [5, 5.41) is 0. The number of nitrogen functional groups attached to an aromatic ring is 1. The highest BCUT2D eigenvalue weighted by molar-refractivity contribution is 7.91. The maximum absolute atomic E-state index is 12.3. The van der Waals surface area contributed by atoms with Gasteiger partial charge in [0.1, 0.15) is 5.75 Å². The van der Waals surface area contributed by atoms with Crippen LogP contribution in [0.3, 0.4) is 0 Å². The predicted molar refractivity (Wildman–Crippen MR) is 79.4 cm³/mol. The third kappa shape index (κ3) is 3.86. The summed E-state index contributed by atoms with van der Waals surface area (Å²) in [5.74, 6) is 0.327. The van der Waals surface area contributed by atoms with Gasteiger partial charge in [-0.3, -0.25) is 0 Å². The molecule has 1 saturated heterocycles. The number of ether oxygens (including phenoxy) is 1. The normalized spacial score (nSPS) is 21.9. The standard InChI is InChI=1S/C12H18N2O5S2/c1-19-12-5-4-10(7-11(12)13)21(17,18)14-9-3-2-6-20(15,16)8-9/h4-5,7,9,14H,2-3,6,8,13H2,1H3. The highest BCUT2D eigenvalue weighted by atomic mass is 32.2. The van der Waals surface area contributed by atoms with Crippen molar-refractivity contribution in [3.8, 4) is 5.75 Å². The molecule has 3 N–H and O–H groups in total. The van der Waals surface area contributed by atoms with E-state index >= 15 is 0 Å². The molecular weight excluding hydrogens is 316 g/mol. The molecule has 21 heavy (non-hydrogen) atoms. The number of sulfonamides is 1. The summed E-state index contributed by atoms with van der Waals surface area (Å²) in [6, 6.07) is 3.52. The smallest absolute Gasteiger partial charge is 0.240 e. The van der Waals surface area contributed by atoms with Crippen molar-refractivity contribution in [3.05, 3.63) is 18.2 Å². The highest BCUT2D eigenvalue weighted by Gasteiger charge is 2.28. The molecule has 0 spiro atoms. The van der Waals surface area contributed by atoms with Gasteiger partial charge in [0, 0.05) is 6.04 Å². The summed E-state index contributed by atoms with van der Waals surface area (Å²) in [6.45, 7) is 0. The molecule has 7 nitrogen and oxygen atoms in total. The third-order valence-electron chi connectivity index (χ3n) is 3.30. The molecule has 0 saturated carbocycles. The Morgan fingerprint density at radius 2 is 2.10 bits per heavy atom. The van der Waals surface area contributed by atoms with Gasteiger partial charge in [-0.25, -0.2) is 21.6 Å². The molecule has 1 aromatic carbocycles. The molecule has 1 heterocycles. The lowest BCUT2D eigenvalue weighted by molar-refractivity contribution is 0.416. The van der Waals surface area contributed by atoms with Crippen LogP contribution in [0, 0.1) is 0 Å². The van der Waals surface area contributed by atoms with E-state index in [1.54, 1.807) is 0 Å². The first-order valence-corrected chi connectivity index (χ1v) is 9.70. The van der Waals surface area contributed by atoms with Gasteiger partial charge in [-0.1, -0.05) is 0 Å². The molecule has 2 rings (SSSR count). The van der Waals surface area contributed by atoms with E-state index in [9.17, 15) is 16.8 Å². The van der Waals surface area contributed by atoms with Crippen LogP contribution < -0.4 is 15.2 Å². The maximum Gasteiger partial charge on any atom is 0.240 e. The van der Waals surface area contributed by atoms with Crippen molar-refractivity contribution in [1.29, 1.82) is 0 Å². The van der Waals surface area contributed by atoms with E-state index in [1.807, 2.05) is 0 Å². The van der Waals surface area contributed by atoms with Gasteiger partial charge in [0.2, 0.25) is 10.0 Å². The summed E-state index contributed by atoms with van der Waals surface area (Å²) in [4.78, 5) is -0.0104. The van der Waals surface area contributed by atoms with Gasteiger partial charge >= 0.3 is 0 Å². The largest absolute Gasteiger partial charge is 0.495 e. The van der Waals surface area contributed by atoms with Gasteiger partial charge in [0.25, 0.3) is 0 Å². The van der Waals surface area contributed by atoms with Crippen LogP contribution in [-0.2, 0) is 19.9 Å². The lowest BCUT2D eigenvalue weighted by atomic mass is 10.2. The molecule has 1 aliphatic rings. The molecule has 0 aromatic heterocycles. The van der Waals surface area contributed by atoms with Crippen molar-refractivity contribution in [2.24, 2.45) is 0 Å². The first kappa shape index (κ1) is 16.1. The average Bonchev–Trinajstić information content (AvgIpc) is 2.36. The second-order valence-electron chi connectivity index (χ2n) is 4.98. The number of rotatable bonds is 4. The fourth-order valence-electron chi connectivity index (χ4n) is 2.28. The summed E-state index contributed by atoms with van der Waals surface area (Å²) in [7, 11) is -5.55. The van der Waals surface area contributed by atoms with Crippen LogP contribution in [0.1, 0.15) is 12.8 Å². The minimum absolute atomic E-state index is 0.0104. The Balaban J connectivity index is 2.20. The molecule has 1 fully saturated rings. The van der Waals surface area contributed by atoms with Crippen LogP contribution in [0.25, 0.3) is 0 Å². The van der Waals surface area contributed by atoms with Gasteiger partial charge in [-0.05, 0) is 31.0 Å². The molecular formula is C12H18N2O5S2. The fraction of sp³-hybridized carbons (Fsp3) is 0.500. The molecule has 1 aliphatic heterocycles. The van der Waals surface area contributed by atoms with E-state index in [4.69, 9.17) is 10.5 Å². The Hall–Kier alpha value is -1.32. The molecule has 0 radical (unpaired) electrons. The predicted octanol–water partition coefficient (Wildman–Crippen LogP) is 0.133. The van der Waals surface area contributed by atoms with Gasteiger partial charge in [-0.2, -0.15) is 0 Å². The van der Waals surface area contributed by atoms with Crippen LogP contribution in [0.4, 0.5) is 5.69 Å². The van der Waals surface area contributed by atoms with Crippen LogP contribution in [0.5, 0.6) is 5.75 Å². The van der Waals surface area contributed by atoms with Gasteiger partial charge in [0.05, 0.1) is 29.2 Å². The Bertz CT molecular complexity index is 728. The van der Waals surface area contributed by atoms with Crippen LogP contribution in [0.2, 0.25) is 0 Å². The van der Waals surface area contributed by atoms with Crippen LogP contribution in [-0.4, -0.2) is 41.5 Å². The minimum atomic E-state index is -3.81. The molecule has 9 heteroatoms. The summed E-state index contributed by atoms with van der Waals surface area (Å²) >= 11 is 0. The quantitative estimate of drug-likeness (QED) is 0.756. The minimum Gasteiger partial charge on any atom is -0.495 e. The van der Waals surface area contributed by atoms with Crippen molar-refractivity contribution >= 4 is 25.5 Å². The van der Waals surface area contributed by atoms with Crippen LogP contribution >= 0.6 is 0 Å². The highest BCUT2D eigenvalue weighted by Crippen LogP contribution is 2.25. The number of benzene rings is 1. The number of nitrogens with two attached hydrogens (primary N) is 1. The molecule has 1 aromatic rings. The van der Waals surface area contributed by atoms with Crippen molar-refractivity contribution in [2.45, 2.75) is 23.8 Å². The number of anilines is 1. The van der Waals surface area contributed by atoms with Crippen molar-refractivity contribution in [3.63, 3.8) is 0 Å². The monoisotopic (exact) mass is 334 g/mol. The number of hydrogen-bond donors (Lipinski definition) is 2. The van der Waals surface area contributed by atoms with Crippen molar-refractivity contribution in [2.75, 3.05) is 24.3 Å². The van der Waals surface area contributed by atoms with E-state index in [0.29, 0.717) is 18.6 Å². The first-order valence-electron chi connectivity index (χ1n) is 6.40. The second kappa shape index (κ2) is 5.82. The van der Waals surface area contributed by atoms with Crippen molar-refractivity contribution in [1.82, 2.24) is 4.72 Å². The number of hydrogen-bond acceptors (Lipinski definition) is 6. The lowest BCUT2D eigenvalue weighted by Gasteiger charge is -2.23. The molecule has 0 aliphatic carbocycles. The van der Waals surface area contributed by atoms with E-state index < -0.39 is 25.9 Å². The summed E-state index contributed by atoms with van der Waals surface area (Å²) in [6.07, 6.45) is 0.963. The number of methoxy groups -OCH3 is 1. The molecule has 1 unspecified atom stereocenters. The Kier molecular flexibility index (Phi) is 4.45. The first-order chi connectivity index (χ1) is 9.73. The molecule has 0 amide bonds. The Morgan fingerprint density at radius 1 is 1.38 bits per heavy atom. The van der Waals surface area contributed by atoms with Gasteiger partial charge in [-0.15, -0.1) is 0 Å². The SMILES string of the molecule is COc1ccc(S(=O)(=O)NC2CCCS(=O)(=O)C2)cc1N. The van der Waals surface area contributed by atoms with E-state index in [-0.39, 0.29) is 22.1 Å². The molecule has 1 atom stereocenters. The number of nitrogens with one attached hydrogen (secondary N) is 1. The zero-order valence-corrected chi connectivity index (χ0v) is 13.2. The Morgan fingerprint density at radius 3 is 2.67 bits per heavy atom. The van der Waals surface area contributed by atoms with E-state index in [1.165, 1.54) is 25.3 Å². The topological polar surface area (TPSA) is 116 Å². The fourth-order valence-corrected chi connectivity index (χ4v) is 5.33. The Labute approximate surface area is 124 Å². The third-order valence-corrected chi connectivity index (χ3v) is 6.64. The van der Waals surface area contributed by atoms with Crippen molar-refractivity contribution < 1.29 is 21.6 Å². The van der Waals surface area contributed by atoms with Gasteiger partial charge in [0.15, 0.2) is 9.84 Å². The second-order valence-corrected chi connectivity index (χ2v) is 8.92. The molecule has 0 bridgehead atoms. The zero-order chi connectivity index (χ0) is 15.7. The van der Waals surface area contributed by atoms with Gasteiger partial charge < -0.3 is 10.5 Å². The van der Waals surface area contributed by atoms with Crippen LogP contribution in [0.15, 0.2) is 23.1 Å². The average molecular weight is 334 g/mol.